The first-order valence-electron chi connectivity index (χ1n) is 9.62. The second-order valence-electron chi connectivity index (χ2n) is 7.11. The average Bonchev–Trinajstić information content (AvgIpc) is 2.77. The lowest BCUT2D eigenvalue weighted by molar-refractivity contribution is 0.0936. The third-order valence-electron chi connectivity index (χ3n) is 4.34. The van der Waals surface area contributed by atoms with Gasteiger partial charge in [0.15, 0.2) is 0 Å². The van der Waals surface area contributed by atoms with Gasteiger partial charge < -0.3 is 10.6 Å². The molecule has 6 heteroatoms. The molecule has 2 amide bonds. The minimum absolute atomic E-state index is 0.0158. The summed E-state index contributed by atoms with van der Waals surface area (Å²) in [5.41, 5.74) is 3.80. The van der Waals surface area contributed by atoms with Crippen molar-refractivity contribution in [3.05, 3.63) is 89.2 Å². The van der Waals surface area contributed by atoms with E-state index in [1.807, 2.05) is 56.3 Å². The van der Waals surface area contributed by atoms with Crippen molar-refractivity contribution in [1.82, 2.24) is 15.6 Å². The van der Waals surface area contributed by atoms with Crippen molar-refractivity contribution in [2.45, 2.75) is 26.4 Å². The molecule has 2 N–H and O–H groups in total. The molecule has 150 valence electrons. The molecule has 1 aromatic heterocycles. The predicted molar refractivity (Wildman–Crippen MR) is 115 cm³/mol. The molecule has 30 heavy (non-hydrogen) atoms. The zero-order valence-corrected chi connectivity index (χ0v) is 16.8. The van der Waals surface area contributed by atoms with Gasteiger partial charge in [0.25, 0.3) is 11.8 Å². The maximum Gasteiger partial charge on any atom is 0.270 e. The van der Waals surface area contributed by atoms with Crippen molar-refractivity contribution < 1.29 is 9.59 Å². The molecule has 0 saturated carbocycles. The average molecular weight is 398 g/mol. The Labute approximate surface area is 175 Å². The van der Waals surface area contributed by atoms with Gasteiger partial charge >= 0.3 is 0 Å². The molecule has 0 aliphatic carbocycles. The standard InChI is InChI=1S/C24H22N4O2/c1-16(2)27-24(30)22-11-5-10-21(28-22)23(29)26-15-18-7-4-9-20(13-18)19-8-3-6-17(12-19)14-25/h3-13,16H,15H2,1-2H3,(H,26,29)(H,27,30). The number of nitriles is 1. The molecule has 1 heterocycles. The lowest BCUT2D eigenvalue weighted by Crippen LogP contribution is -2.31. The molecule has 0 unspecified atom stereocenters. The van der Waals surface area contributed by atoms with Crippen LogP contribution in [0.2, 0.25) is 0 Å². The Balaban J connectivity index is 1.69. The molecule has 3 aromatic rings. The summed E-state index contributed by atoms with van der Waals surface area (Å²) in [6.07, 6.45) is 0. The number of benzene rings is 2. The first kappa shape index (κ1) is 20.7. The van der Waals surface area contributed by atoms with E-state index < -0.39 is 0 Å². The number of carbonyl (C=O) groups excluding carboxylic acids is 2. The molecule has 2 aromatic carbocycles. The zero-order chi connectivity index (χ0) is 21.5. The van der Waals surface area contributed by atoms with Gasteiger partial charge in [-0.2, -0.15) is 5.26 Å². The number of nitrogens with one attached hydrogen (secondary N) is 2. The summed E-state index contributed by atoms with van der Waals surface area (Å²) < 4.78 is 0. The quantitative estimate of drug-likeness (QED) is 0.662. The Kier molecular flexibility index (Phi) is 6.56. The highest BCUT2D eigenvalue weighted by molar-refractivity contribution is 5.96. The zero-order valence-electron chi connectivity index (χ0n) is 16.8. The Morgan fingerprint density at radius 1 is 0.933 bits per heavy atom. The van der Waals surface area contributed by atoms with Gasteiger partial charge in [0.1, 0.15) is 11.4 Å². The van der Waals surface area contributed by atoms with Crippen LogP contribution in [0, 0.1) is 11.3 Å². The van der Waals surface area contributed by atoms with Gasteiger partial charge in [-0.1, -0.05) is 36.4 Å². The van der Waals surface area contributed by atoms with E-state index in [9.17, 15) is 9.59 Å². The Hall–Kier alpha value is -3.98. The van der Waals surface area contributed by atoms with Crippen LogP contribution in [0.5, 0.6) is 0 Å². The van der Waals surface area contributed by atoms with Crippen LogP contribution in [0.3, 0.4) is 0 Å². The summed E-state index contributed by atoms with van der Waals surface area (Å²) >= 11 is 0. The Morgan fingerprint density at radius 3 is 2.27 bits per heavy atom. The van der Waals surface area contributed by atoms with E-state index in [0.29, 0.717) is 12.1 Å². The minimum atomic E-state index is -0.355. The number of carbonyl (C=O) groups is 2. The van der Waals surface area contributed by atoms with Crippen molar-refractivity contribution in [2.75, 3.05) is 0 Å². The van der Waals surface area contributed by atoms with Crippen molar-refractivity contribution in [2.24, 2.45) is 0 Å². The van der Waals surface area contributed by atoms with Gasteiger partial charge in [-0.25, -0.2) is 4.98 Å². The van der Waals surface area contributed by atoms with E-state index in [-0.39, 0.29) is 29.2 Å². The molecule has 0 aliphatic rings. The third-order valence-corrected chi connectivity index (χ3v) is 4.34. The topological polar surface area (TPSA) is 94.9 Å². The normalized spacial score (nSPS) is 10.3. The second-order valence-corrected chi connectivity index (χ2v) is 7.11. The number of hydrogen-bond acceptors (Lipinski definition) is 4. The van der Waals surface area contributed by atoms with Crippen LogP contribution in [0.25, 0.3) is 11.1 Å². The highest BCUT2D eigenvalue weighted by Crippen LogP contribution is 2.21. The first-order valence-corrected chi connectivity index (χ1v) is 9.62. The monoisotopic (exact) mass is 398 g/mol. The van der Waals surface area contributed by atoms with Crippen LogP contribution in [-0.2, 0) is 6.54 Å². The highest BCUT2D eigenvalue weighted by atomic mass is 16.2. The van der Waals surface area contributed by atoms with Crippen molar-refractivity contribution in [3.8, 4) is 17.2 Å². The highest BCUT2D eigenvalue weighted by Gasteiger charge is 2.13. The minimum Gasteiger partial charge on any atom is -0.349 e. The number of hydrogen-bond donors (Lipinski definition) is 2. The predicted octanol–water partition coefficient (Wildman–Crippen LogP) is 3.69. The molecule has 0 fully saturated rings. The molecule has 6 nitrogen and oxygen atoms in total. The number of aromatic nitrogens is 1. The maximum absolute atomic E-state index is 12.5. The van der Waals surface area contributed by atoms with Crippen molar-refractivity contribution >= 4 is 11.8 Å². The summed E-state index contributed by atoms with van der Waals surface area (Å²) in [5, 5.41) is 14.7. The molecule has 0 radical (unpaired) electrons. The van der Waals surface area contributed by atoms with Crippen LogP contribution < -0.4 is 10.6 Å². The van der Waals surface area contributed by atoms with Gasteiger partial charge in [0.05, 0.1) is 11.6 Å². The largest absolute Gasteiger partial charge is 0.349 e. The summed E-state index contributed by atoms with van der Waals surface area (Å²) in [6.45, 7) is 4.03. The SMILES string of the molecule is CC(C)NC(=O)c1cccc(C(=O)NCc2cccc(-c3cccc(C#N)c3)c2)n1. The summed E-state index contributed by atoms with van der Waals surface area (Å²) in [4.78, 5) is 28.8. The summed E-state index contributed by atoms with van der Waals surface area (Å²) in [5.74, 6) is -0.668. The fourth-order valence-electron chi connectivity index (χ4n) is 2.93. The fraction of sp³-hybridized carbons (Fsp3) is 0.167. The number of pyridine rings is 1. The van der Waals surface area contributed by atoms with Gasteiger partial charge in [-0.3, -0.25) is 9.59 Å². The van der Waals surface area contributed by atoms with Gasteiger partial charge in [0.2, 0.25) is 0 Å². The van der Waals surface area contributed by atoms with Crippen LogP contribution >= 0.6 is 0 Å². The molecule has 0 atom stereocenters. The molecule has 0 bridgehead atoms. The molecule has 0 saturated heterocycles. The lowest BCUT2D eigenvalue weighted by atomic mass is 10.0. The van der Waals surface area contributed by atoms with Crippen molar-refractivity contribution in [3.63, 3.8) is 0 Å². The first-order chi connectivity index (χ1) is 14.5. The van der Waals surface area contributed by atoms with Crippen LogP contribution in [0.4, 0.5) is 0 Å². The second kappa shape index (κ2) is 9.48. The van der Waals surface area contributed by atoms with E-state index in [2.05, 4.69) is 21.7 Å². The van der Waals surface area contributed by atoms with Gasteiger partial charge in [-0.15, -0.1) is 0 Å². The van der Waals surface area contributed by atoms with E-state index >= 15 is 0 Å². The number of nitrogens with zero attached hydrogens (tertiary/aromatic N) is 2. The molecule has 3 rings (SSSR count). The van der Waals surface area contributed by atoms with E-state index in [4.69, 9.17) is 5.26 Å². The number of rotatable bonds is 6. The molecular formula is C24H22N4O2. The molecule has 0 spiro atoms. The molecule has 0 aliphatic heterocycles. The lowest BCUT2D eigenvalue weighted by Gasteiger charge is -2.10. The van der Waals surface area contributed by atoms with E-state index in [1.54, 1.807) is 24.3 Å². The van der Waals surface area contributed by atoms with Crippen LogP contribution in [-0.4, -0.2) is 22.8 Å². The molecular weight excluding hydrogens is 376 g/mol. The number of amides is 2. The van der Waals surface area contributed by atoms with E-state index in [0.717, 1.165) is 16.7 Å². The van der Waals surface area contributed by atoms with E-state index in [1.165, 1.54) is 0 Å². The maximum atomic E-state index is 12.5. The van der Waals surface area contributed by atoms with Crippen LogP contribution in [0.15, 0.2) is 66.7 Å². The van der Waals surface area contributed by atoms with Crippen molar-refractivity contribution in [1.29, 1.82) is 5.26 Å². The Morgan fingerprint density at radius 2 is 1.57 bits per heavy atom. The summed E-state index contributed by atoms with van der Waals surface area (Å²) in [7, 11) is 0. The Bertz CT molecular complexity index is 1120. The van der Waals surface area contributed by atoms with Gasteiger partial charge in [-0.05, 0) is 60.9 Å². The third kappa shape index (κ3) is 5.30. The fourth-order valence-corrected chi connectivity index (χ4v) is 2.93. The van der Waals surface area contributed by atoms with Gasteiger partial charge in [0, 0.05) is 12.6 Å². The van der Waals surface area contributed by atoms with Crippen LogP contribution in [0.1, 0.15) is 46.0 Å². The summed E-state index contributed by atoms with van der Waals surface area (Å²) in [6, 6.07) is 22.0. The smallest absolute Gasteiger partial charge is 0.270 e.